The summed E-state index contributed by atoms with van der Waals surface area (Å²) in [5.74, 6) is 1.62. The van der Waals surface area contributed by atoms with E-state index in [1.165, 1.54) is 32.4 Å². The number of fused-ring (bicyclic) bond motifs is 1. The Morgan fingerprint density at radius 1 is 1.00 bits per heavy atom. The number of hydrogen-bond donors (Lipinski definition) is 0. The molecular weight excluding hydrogens is 336 g/mol. The molecular formula is C22H26N4O. The van der Waals surface area contributed by atoms with Gasteiger partial charge in [0.15, 0.2) is 0 Å². The predicted molar refractivity (Wildman–Crippen MR) is 110 cm³/mol. The standard InChI is InChI=1S/C22H26N4O/c1-27-19-11-9-18(10-12-19)17-23-22-24-20-7-3-4-8-21(20)26(22)16-15-25-13-5-2-6-14-25/h3-4,7-12,17H,2,5-6,13-16H2,1H3/b23-17-. The first-order chi connectivity index (χ1) is 13.3. The van der Waals surface area contributed by atoms with Crippen LogP contribution >= 0.6 is 0 Å². The number of benzene rings is 2. The SMILES string of the molecule is COc1ccc(/C=N\c2nc3ccccc3n2CCN2CCCCC2)cc1. The zero-order valence-electron chi connectivity index (χ0n) is 15.8. The van der Waals surface area contributed by atoms with Gasteiger partial charge in [0.1, 0.15) is 5.75 Å². The normalized spacial score (nSPS) is 15.6. The van der Waals surface area contributed by atoms with Crippen LogP contribution < -0.4 is 4.74 Å². The fraction of sp³-hybridized carbons (Fsp3) is 0.364. The third-order valence-corrected chi connectivity index (χ3v) is 5.17. The van der Waals surface area contributed by atoms with E-state index in [0.29, 0.717) is 0 Å². The Balaban J connectivity index is 1.57. The molecule has 1 saturated heterocycles. The summed E-state index contributed by atoms with van der Waals surface area (Å²) in [6.07, 6.45) is 5.86. The molecule has 0 unspecified atom stereocenters. The van der Waals surface area contributed by atoms with Crippen LogP contribution in [0.1, 0.15) is 24.8 Å². The number of aromatic nitrogens is 2. The van der Waals surface area contributed by atoms with Gasteiger partial charge in [-0.1, -0.05) is 18.6 Å². The number of hydrogen-bond acceptors (Lipinski definition) is 4. The third-order valence-electron chi connectivity index (χ3n) is 5.17. The molecule has 5 nitrogen and oxygen atoms in total. The maximum Gasteiger partial charge on any atom is 0.230 e. The maximum absolute atomic E-state index is 5.21. The summed E-state index contributed by atoms with van der Waals surface area (Å²) in [6, 6.07) is 16.2. The molecule has 0 N–H and O–H groups in total. The van der Waals surface area contributed by atoms with Crippen LogP contribution in [0.5, 0.6) is 5.75 Å². The first kappa shape index (κ1) is 17.7. The zero-order chi connectivity index (χ0) is 18.5. The largest absolute Gasteiger partial charge is 0.497 e. The fourth-order valence-corrected chi connectivity index (χ4v) is 3.63. The molecule has 2 aromatic carbocycles. The van der Waals surface area contributed by atoms with Gasteiger partial charge in [-0.05, 0) is 67.9 Å². The molecule has 27 heavy (non-hydrogen) atoms. The number of rotatable bonds is 6. The average Bonchev–Trinajstić information content (AvgIpc) is 3.09. The second-order valence-corrected chi connectivity index (χ2v) is 6.99. The van der Waals surface area contributed by atoms with Crippen molar-refractivity contribution < 1.29 is 4.74 Å². The fourth-order valence-electron chi connectivity index (χ4n) is 3.63. The minimum absolute atomic E-state index is 0.768. The Morgan fingerprint density at radius 3 is 2.56 bits per heavy atom. The minimum atomic E-state index is 0.768. The summed E-state index contributed by atoms with van der Waals surface area (Å²) >= 11 is 0. The van der Waals surface area contributed by atoms with Gasteiger partial charge in [0, 0.05) is 19.3 Å². The highest BCUT2D eigenvalue weighted by Crippen LogP contribution is 2.22. The van der Waals surface area contributed by atoms with Gasteiger partial charge in [-0.25, -0.2) is 9.98 Å². The molecule has 1 aliphatic heterocycles. The lowest BCUT2D eigenvalue weighted by atomic mass is 10.1. The molecule has 2 heterocycles. The first-order valence-corrected chi connectivity index (χ1v) is 9.69. The van der Waals surface area contributed by atoms with E-state index in [1.54, 1.807) is 7.11 Å². The molecule has 0 spiro atoms. The molecule has 0 amide bonds. The van der Waals surface area contributed by atoms with E-state index in [1.807, 2.05) is 36.5 Å². The predicted octanol–water partition coefficient (Wildman–Crippen LogP) is 4.28. The van der Waals surface area contributed by atoms with Crippen LogP contribution in [0.4, 0.5) is 5.95 Å². The quantitative estimate of drug-likeness (QED) is 0.615. The minimum Gasteiger partial charge on any atom is -0.497 e. The van der Waals surface area contributed by atoms with Crippen molar-refractivity contribution in [2.24, 2.45) is 4.99 Å². The molecule has 1 fully saturated rings. The average molecular weight is 362 g/mol. The Hall–Kier alpha value is -2.66. The number of aliphatic imine (C=N–C) groups is 1. The van der Waals surface area contributed by atoms with Crippen molar-refractivity contribution >= 4 is 23.2 Å². The molecule has 0 atom stereocenters. The van der Waals surface area contributed by atoms with Crippen LogP contribution in [0, 0.1) is 0 Å². The molecule has 0 bridgehead atoms. The molecule has 4 rings (SSSR count). The molecule has 0 aliphatic carbocycles. The summed E-state index contributed by atoms with van der Waals surface area (Å²) in [4.78, 5) is 12.0. The lowest BCUT2D eigenvalue weighted by molar-refractivity contribution is 0.222. The lowest BCUT2D eigenvalue weighted by Crippen LogP contribution is -2.32. The van der Waals surface area contributed by atoms with E-state index < -0.39 is 0 Å². The van der Waals surface area contributed by atoms with Crippen LogP contribution in [0.25, 0.3) is 11.0 Å². The summed E-state index contributed by atoms with van der Waals surface area (Å²) in [5.41, 5.74) is 3.18. The van der Waals surface area contributed by atoms with Crippen molar-refractivity contribution in [1.82, 2.24) is 14.5 Å². The highest BCUT2D eigenvalue weighted by Gasteiger charge is 2.13. The van der Waals surface area contributed by atoms with Crippen molar-refractivity contribution in [3.8, 4) is 5.75 Å². The Kier molecular flexibility index (Phi) is 5.49. The Morgan fingerprint density at radius 2 is 1.78 bits per heavy atom. The number of piperidine rings is 1. The van der Waals surface area contributed by atoms with Crippen molar-refractivity contribution in [1.29, 1.82) is 0 Å². The van der Waals surface area contributed by atoms with Gasteiger partial charge in [0.05, 0.1) is 18.1 Å². The maximum atomic E-state index is 5.21. The van der Waals surface area contributed by atoms with Crippen LogP contribution in [-0.2, 0) is 6.54 Å². The van der Waals surface area contributed by atoms with Crippen molar-refractivity contribution in [3.63, 3.8) is 0 Å². The molecule has 0 radical (unpaired) electrons. The van der Waals surface area contributed by atoms with Crippen LogP contribution in [0.3, 0.4) is 0 Å². The van der Waals surface area contributed by atoms with E-state index in [9.17, 15) is 0 Å². The highest BCUT2D eigenvalue weighted by molar-refractivity contribution is 5.83. The van der Waals surface area contributed by atoms with E-state index in [4.69, 9.17) is 14.7 Å². The Labute approximate surface area is 160 Å². The zero-order valence-corrected chi connectivity index (χ0v) is 15.8. The second kappa shape index (κ2) is 8.35. The monoisotopic (exact) mass is 362 g/mol. The van der Waals surface area contributed by atoms with Crippen molar-refractivity contribution in [2.75, 3.05) is 26.7 Å². The first-order valence-electron chi connectivity index (χ1n) is 9.69. The van der Waals surface area contributed by atoms with E-state index in [2.05, 4.69) is 27.7 Å². The van der Waals surface area contributed by atoms with Crippen LogP contribution in [0.2, 0.25) is 0 Å². The topological polar surface area (TPSA) is 42.7 Å². The molecule has 3 aromatic rings. The van der Waals surface area contributed by atoms with E-state index in [0.717, 1.165) is 41.4 Å². The van der Waals surface area contributed by atoms with E-state index >= 15 is 0 Å². The number of imidazole rings is 1. The van der Waals surface area contributed by atoms with E-state index in [-0.39, 0.29) is 0 Å². The van der Waals surface area contributed by atoms with Gasteiger partial charge >= 0.3 is 0 Å². The highest BCUT2D eigenvalue weighted by atomic mass is 16.5. The molecule has 0 saturated carbocycles. The van der Waals surface area contributed by atoms with Gasteiger partial charge < -0.3 is 14.2 Å². The van der Waals surface area contributed by atoms with Gasteiger partial charge in [-0.2, -0.15) is 0 Å². The van der Waals surface area contributed by atoms with Crippen LogP contribution in [-0.4, -0.2) is 47.4 Å². The summed E-state index contributed by atoms with van der Waals surface area (Å²) < 4.78 is 7.45. The Bertz CT molecular complexity index is 908. The van der Waals surface area contributed by atoms with Gasteiger partial charge in [-0.15, -0.1) is 0 Å². The number of likely N-dealkylation sites (tertiary alicyclic amines) is 1. The van der Waals surface area contributed by atoms with Gasteiger partial charge in [-0.3, -0.25) is 0 Å². The number of para-hydroxylation sites is 2. The van der Waals surface area contributed by atoms with Crippen molar-refractivity contribution in [3.05, 3.63) is 54.1 Å². The summed E-state index contributed by atoms with van der Waals surface area (Å²) in [5, 5.41) is 0. The molecule has 1 aliphatic rings. The number of ether oxygens (including phenoxy) is 1. The third kappa shape index (κ3) is 4.19. The number of methoxy groups -OCH3 is 1. The summed E-state index contributed by atoms with van der Waals surface area (Å²) in [7, 11) is 1.67. The van der Waals surface area contributed by atoms with Gasteiger partial charge in [0.2, 0.25) is 5.95 Å². The van der Waals surface area contributed by atoms with Gasteiger partial charge in [0.25, 0.3) is 0 Å². The molecule has 5 heteroatoms. The van der Waals surface area contributed by atoms with Crippen molar-refractivity contribution in [2.45, 2.75) is 25.8 Å². The molecule has 140 valence electrons. The lowest BCUT2D eigenvalue weighted by Gasteiger charge is -2.26. The number of nitrogens with zero attached hydrogens (tertiary/aromatic N) is 4. The van der Waals surface area contributed by atoms with Crippen LogP contribution in [0.15, 0.2) is 53.5 Å². The molecule has 1 aromatic heterocycles. The summed E-state index contributed by atoms with van der Waals surface area (Å²) in [6.45, 7) is 4.37. The smallest absolute Gasteiger partial charge is 0.230 e. The second-order valence-electron chi connectivity index (χ2n) is 6.99.